The maximum Gasteiger partial charge on any atom is 0.224 e. The summed E-state index contributed by atoms with van der Waals surface area (Å²) < 4.78 is 0. The molecule has 142 valence electrons. The molecule has 0 atom stereocenters. The third-order valence-electron chi connectivity index (χ3n) is 4.66. The summed E-state index contributed by atoms with van der Waals surface area (Å²) in [6.07, 6.45) is 4.23. The van der Waals surface area contributed by atoms with Crippen molar-refractivity contribution in [3.8, 4) is 10.4 Å². The number of aromatic nitrogens is 2. The highest BCUT2D eigenvalue weighted by Gasteiger charge is 2.15. The van der Waals surface area contributed by atoms with Crippen LogP contribution in [0, 0.1) is 0 Å². The van der Waals surface area contributed by atoms with Crippen molar-refractivity contribution < 1.29 is 4.79 Å². The highest BCUT2D eigenvalue weighted by molar-refractivity contribution is 7.21. The number of thiophene rings is 1. The SMILES string of the molecule is CCCCN(C)C(=O)CCN(C)c1ncnc2sc(-c3ccccc3)cc12. The Morgan fingerprint density at radius 1 is 1.11 bits per heavy atom. The van der Waals surface area contributed by atoms with Gasteiger partial charge in [-0.05, 0) is 18.1 Å². The molecule has 0 fully saturated rings. The number of nitrogens with zero attached hydrogens (tertiary/aromatic N) is 4. The average molecular weight is 383 g/mol. The number of unbranched alkanes of at least 4 members (excludes halogenated alkanes) is 1. The molecule has 0 N–H and O–H groups in total. The van der Waals surface area contributed by atoms with Crippen LogP contribution in [-0.2, 0) is 4.79 Å². The predicted octanol–water partition coefficient (Wildman–Crippen LogP) is 4.44. The van der Waals surface area contributed by atoms with Crippen molar-refractivity contribution in [3.05, 3.63) is 42.7 Å². The zero-order valence-corrected chi connectivity index (χ0v) is 17.0. The lowest BCUT2D eigenvalue weighted by atomic mass is 10.2. The standard InChI is InChI=1S/C21H26N4OS/c1-4-5-12-24(2)19(26)11-13-25(3)20-17-14-18(16-9-7-6-8-10-16)27-21(17)23-15-22-20/h6-10,14-15H,4-5,11-13H2,1-3H3. The minimum atomic E-state index is 0.177. The van der Waals surface area contributed by atoms with Crippen LogP contribution in [0.15, 0.2) is 42.7 Å². The van der Waals surface area contributed by atoms with Gasteiger partial charge in [-0.25, -0.2) is 9.97 Å². The number of anilines is 1. The normalized spacial score (nSPS) is 10.9. The zero-order valence-electron chi connectivity index (χ0n) is 16.2. The van der Waals surface area contributed by atoms with Crippen LogP contribution in [0.3, 0.4) is 0 Å². The molecule has 0 bridgehead atoms. The molecule has 27 heavy (non-hydrogen) atoms. The first-order valence-electron chi connectivity index (χ1n) is 9.35. The van der Waals surface area contributed by atoms with Crippen molar-refractivity contribution in [1.82, 2.24) is 14.9 Å². The fourth-order valence-electron chi connectivity index (χ4n) is 2.97. The van der Waals surface area contributed by atoms with Crippen LogP contribution < -0.4 is 4.90 Å². The summed E-state index contributed by atoms with van der Waals surface area (Å²) in [5.74, 6) is 1.05. The summed E-state index contributed by atoms with van der Waals surface area (Å²) in [7, 11) is 3.87. The number of hydrogen-bond donors (Lipinski definition) is 0. The van der Waals surface area contributed by atoms with Gasteiger partial charge in [0.25, 0.3) is 0 Å². The number of carbonyl (C=O) groups excluding carboxylic acids is 1. The molecule has 2 aromatic heterocycles. The molecule has 0 aliphatic rings. The van der Waals surface area contributed by atoms with Gasteiger partial charge in [0.05, 0.1) is 5.39 Å². The van der Waals surface area contributed by atoms with Crippen molar-refractivity contribution in [1.29, 1.82) is 0 Å². The van der Waals surface area contributed by atoms with E-state index < -0.39 is 0 Å². The Hall–Kier alpha value is -2.47. The summed E-state index contributed by atoms with van der Waals surface area (Å²) in [6.45, 7) is 3.59. The maximum absolute atomic E-state index is 12.3. The van der Waals surface area contributed by atoms with Gasteiger partial charge in [-0.2, -0.15) is 0 Å². The van der Waals surface area contributed by atoms with Gasteiger partial charge >= 0.3 is 0 Å². The summed E-state index contributed by atoms with van der Waals surface area (Å²) in [5.41, 5.74) is 1.18. The summed E-state index contributed by atoms with van der Waals surface area (Å²) >= 11 is 1.67. The third kappa shape index (κ3) is 4.63. The Labute approximate surface area is 164 Å². The van der Waals surface area contributed by atoms with Crippen LogP contribution in [0.25, 0.3) is 20.7 Å². The van der Waals surface area contributed by atoms with Crippen molar-refractivity contribution in [2.45, 2.75) is 26.2 Å². The molecule has 2 heterocycles. The smallest absolute Gasteiger partial charge is 0.224 e. The van der Waals surface area contributed by atoms with Crippen LogP contribution in [0.4, 0.5) is 5.82 Å². The molecule has 0 aliphatic heterocycles. The van der Waals surface area contributed by atoms with Crippen LogP contribution in [-0.4, -0.2) is 48.0 Å². The number of fused-ring (bicyclic) bond motifs is 1. The monoisotopic (exact) mass is 382 g/mol. The molecule has 0 saturated heterocycles. The van der Waals surface area contributed by atoms with Gasteiger partial charge in [0.2, 0.25) is 5.91 Å². The molecule has 0 aliphatic carbocycles. The number of rotatable bonds is 8. The molecule has 6 heteroatoms. The van der Waals surface area contributed by atoms with E-state index in [0.29, 0.717) is 13.0 Å². The molecule has 0 unspecified atom stereocenters. The van der Waals surface area contributed by atoms with Crippen molar-refractivity contribution in [3.63, 3.8) is 0 Å². The van der Waals surface area contributed by atoms with Gasteiger partial charge < -0.3 is 9.80 Å². The molecular formula is C21H26N4OS. The lowest BCUT2D eigenvalue weighted by Gasteiger charge is -2.21. The van der Waals surface area contributed by atoms with Crippen molar-refractivity contribution >= 4 is 33.3 Å². The lowest BCUT2D eigenvalue weighted by Crippen LogP contribution is -2.31. The lowest BCUT2D eigenvalue weighted by molar-refractivity contribution is -0.129. The summed E-state index contributed by atoms with van der Waals surface area (Å²) in [6, 6.07) is 12.5. The Bertz CT molecular complexity index is 894. The molecule has 3 aromatic rings. The molecule has 1 amide bonds. The third-order valence-corrected chi connectivity index (χ3v) is 5.75. The Balaban J connectivity index is 1.74. The highest BCUT2D eigenvalue weighted by atomic mass is 32.1. The van der Waals surface area contributed by atoms with Crippen LogP contribution in [0.1, 0.15) is 26.2 Å². The van der Waals surface area contributed by atoms with Gasteiger partial charge in [0, 0.05) is 38.5 Å². The number of carbonyl (C=O) groups is 1. The maximum atomic E-state index is 12.3. The first kappa shape index (κ1) is 19.3. The summed E-state index contributed by atoms with van der Waals surface area (Å²) in [4.78, 5) is 27.2. The fraction of sp³-hybridized carbons (Fsp3) is 0.381. The molecule has 0 saturated carbocycles. The van der Waals surface area contributed by atoms with E-state index in [1.807, 2.05) is 37.2 Å². The zero-order chi connectivity index (χ0) is 19.2. The van der Waals surface area contributed by atoms with Crippen LogP contribution in [0.2, 0.25) is 0 Å². The highest BCUT2D eigenvalue weighted by Crippen LogP contribution is 2.35. The Morgan fingerprint density at radius 3 is 2.63 bits per heavy atom. The minimum absolute atomic E-state index is 0.177. The van der Waals surface area contributed by atoms with E-state index in [0.717, 1.165) is 35.4 Å². The van der Waals surface area contributed by atoms with Gasteiger partial charge in [0.1, 0.15) is 17.0 Å². The molecule has 0 spiro atoms. The van der Waals surface area contributed by atoms with Crippen LogP contribution >= 0.6 is 11.3 Å². The van der Waals surface area contributed by atoms with E-state index in [1.54, 1.807) is 17.7 Å². The van der Waals surface area contributed by atoms with E-state index in [1.165, 1.54) is 10.4 Å². The van der Waals surface area contributed by atoms with E-state index in [9.17, 15) is 4.79 Å². The van der Waals surface area contributed by atoms with Crippen molar-refractivity contribution in [2.75, 3.05) is 32.1 Å². The predicted molar refractivity (Wildman–Crippen MR) is 113 cm³/mol. The first-order chi connectivity index (χ1) is 13.1. The molecule has 3 rings (SSSR count). The number of benzene rings is 1. The Kier molecular flexibility index (Phi) is 6.40. The second kappa shape index (κ2) is 8.95. The van der Waals surface area contributed by atoms with Gasteiger partial charge in [0.15, 0.2) is 0 Å². The quantitative estimate of drug-likeness (QED) is 0.578. The second-order valence-corrected chi connectivity index (χ2v) is 7.76. The molecule has 1 aromatic carbocycles. The molecule has 5 nitrogen and oxygen atoms in total. The van der Waals surface area contributed by atoms with E-state index in [4.69, 9.17) is 0 Å². The Morgan fingerprint density at radius 2 is 1.89 bits per heavy atom. The van der Waals surface area contributed by atoms with Gasteiger partial charge in [-0.1, -0.05) is 43.7 Å². The first-order valence-corrected chi connectivity index (χ1v) is 10.2. The summed E-state index contributed by atoms with van der Waals surface area (Å²) in [5, 5.41) is 1.04. The molecule has 0 radical (unpaired) electrons. The van der Waals surface area contributed by atoms with Crippen LogP contribution in [0.5, 0.6) is 0 Å². The largest absolute Gasteiger partial charge is 0.359 e. The molecular weight excluding hydrogens is 356 g/mol. The van der Waals surface area contributed by atoms with E-state index in [2.05, 4.69) is 40.0 Å². The van der Waals surface area contributed by atoms with E-state index in [-0.39, 0.29) is 5.91 Å². The van der Waals surface area contributed by atoms with Gasteiger partial charge in [-0.15, -0.1) is 11.3 Å². The second-order valence-electron chi connectivity index (χ2n) is 6.73. The fourth-order valence-corrected chi connectivity index (χ4v) is 3.97. The topological polar surface area (TPSA) is 49.3 Å². The van der Waals surface area contributed by atoms with Gasteiger partial charge in [-0.3, -0.25) is 4.79 Å². The average Bonchev–Trinajstić information content (AvgIpc) is 3.15. The number of amides is 1. The van der Waals surface area contributed by atoms with Crippen molar-refractivity contribution in [2.24, 2.45) is 0 Å². The number of hydrogen-bond acceptors (Lipinski definition) is 5. The van der Waals surface area contributed by atoms with E-state index >= 15 is 0 Å². The minimum Gasteiger partial charge on any atom is -0.359 e.